The predicted octanol–water partition coefficient (Wildman–Crippen LogP) is 3.48. The summed E-state index contributed by atoms with van der Waals surface area (Å²) >= 11 is 0. The lowest BCUT2D eigenvalue weighted by Gasteiger charge is -2.09. The minimum atomic E-state index is -4.86. The lowest BCUT2D eigenvalue weighted by molar-refractivity contribution is -0.0312. The van der Waals surface area contributed by atoms with Gasteiger partial charge in [0.1, 0.15) is 4.90 Å². The highest BCUT2D eigenvalue weighted by Crippen LogP contribution is 2.40. The third kappa shape index (κ3) is 3.19. The molecule has 0 saturated carbocycles. The molecule has 3 nitrogen and oxygen atoms in total. The molecule has 2 aromatic rings. The van der Waals surface area contributed by atoms with Crippen molar-refractivity contribution in [1.29, 1.82) is 0 Å². The zero-order valence-corrected chi connectivity index (χ0v) is 11.2. The summed E-state index contributed by atoms with van der Waals surface area (Å²) in [6.45, 7) is 1.76. The molecule has 0 unspecified atom stereocenters. The molecule has 0 N–H and O–H groups in total. The van der Waals surface area contributed by atoms with Crippen molar-refractivity contribution >= 4 is 30.6 Å². The number of para-hydroxylation sites is 1. The minimum Gasteiger partial charge on any atom is -0.255 e. The van der Waals surface area contributed by atoms with Gasteiger partial charge in [0.2, 0.25) is 8.87 Å². The molecule has 8 heteroatoms. The van der Waals surface area contributed by atoms with Crippen LogP contribution in [0, 0.1) is 6.92 Å². The Morgan fingerprint density at radius 3 is 2.58 bits per heavy atom. The van der Waals surface area contributed by atoms with Gasteiger partial charge in [-0.1, -0.05) is 12.1 Å². The molecule has 0 aliphatic heterocycles. The van der Waals surface area contributed by atoms with Crippen LogP contribution in [0.15, 0.2) is 35.4 Å². The highest BCUT2D eigenvalue weighted by molar-refractivity contribution is 8.72. The predicted molar refractivity (Wildman–Crippen MR) is 67.3 cm³/mol. The summed E-state index contributed by atoms with van der Waals surface area (Å²) in [6.07, 6.45) is 1.42. The molecule has 102 valence electrons. The van der Waals surface area contributed by atoms with Gasteiger partial charge in [-0.05, 0) is 24.6 Å². The molecule has 0 saturated heterocycles. The Hall–Kier alpha value is -1.28. The maximum absolute atomic E-state index is 12.3. The van der Waals surface area contributed by atoms with Crippen LogP contribution >= 0.6 is 10.8 Å². The van der Waals surface area contributed by atoms with E-state index in [-0.39, 0.29) is 5.52 Å². The van der Waals surface area contributed by atoms with Crippen molar-refractivity contribution in [2.75, 3.05) is 0 Å². The summed E-state index contributed by atoms with van der Waals surface area (Å²) in [5.74, 6) is 0. The van der Waals surface area contributed by atoms with E-state index < -0.39 is 30.1 Å². The molecule has 0 spiro atoms. The molecular formula is C11H8F3NO2S2. The largest absolute Gasteiger partial charge is 0.456 e. The van der Waals surface area contributed by atoms with Crippen LogP contribution in [0.5, 0.6) is 0 Å². The van der Waals surface area contributed by atoms with Crippen molar-refractivity contribution in [3.8, 4) is 0 Å². The summed E-state index contributed by atoms with van der Waals surface area (Å²) in [6, 6.07) is 5.79. The molecule has 1 heterocycles. The van der Waals surface area contributed by atoms with E-state index >= 15 is 0 Å². The number of halogens is 3. The maximum atomic E-state index is 12.3. The maximum Gasteiger partial charge on any atom is 0.456 e. The second-order valence-corrected chi connectivity index (χ2v) is 7.62. The molecule has 0 fully saturated rings. The van der Waals surface area contributed by atoms with Gasteiger partial charge >= 0.3 is 5.51 Å². The Morgan fingerprint density at radius 2 is 1.95 bits per heavy atom. The van der Waals surface area contributed by atoms with E-state index in [1.165, 1.54) is 12.3 Å². The second-order valence-electron chi connectivity index (χ2n) is 3.82. The number of hydrogen-bond donors (Lipinski definition) is 0. The third-order valence-corrected chi connectivity index (χ3v) is 5.32. The summed E-state index contributed by atoms with van der Waals surface area (Å²) < 4.78 is 60.3. The smallest absolute Gasteiger partial charge is 0.255 e. The Labute approximate surface area is 111 Å². The van der Waals surface area contributed by atoms with Gasteiger partial charge in [-0.3, -0.25) is 4.98 Å². The summed E-state index contributed by atoms with van der Waals surface area (Å²) in [7, 11) is -5.56. The van der Waals surface area contributed by atoms with E-state index in [4.69, 9.17) is 0 Å². The van der Waals surface area contributed by atoms with E-state index in [1.54, 1.807) is 19.1 Å². The van der Waals surface area contributed by atoms with E-state index in [0.29, 0.717) is 5.39 Å². The normalized spacial score (nSPS) is 12.8. The minimum absolute atomic E-state index is 0.0462. The Bertz CT molecular complexity index is 726. The van der Waals surface area contributed by atoms with E-state index in [1.807, 2.05) is 0 Å². The van der Waals surface area contributed by atoms with Crippen LogP contribution in [0.25, 0.3) is 10.9 Å². The highest BCUT2D eigenvalue weighted by Gasteiger charge is 2.38. The molecule has 0 aliphatic rings. The molecule has 2 rings (SSSR count). The van der Waals surface area contributed by atoms with Gasteiger partial charge in [0.25, 0.3) is 0 Å². The Kier molecular flexibility index (Phi) is 3.48. The number of rotatable bonds is 2. The first kappa shape index (κ1) is 14.1. The fourth-order valence-electron chi connectivity index (χ4n) is 1.61. The summed E-state index contributed by atoms with van der Waals surface area (Å²) in [4.78, 5) is 3.49. The van der Waals surface area contributed by atoms with Crippen molar-refractivity contribution in [2.24, 2.45) is 0 Å². The van der Waals surface area contributed by atoms with Crippen molar-refractivity contribution in [3.05, 3.63) is 36.0 Å². The van der Waals surface area contributed by atoms with E-state index in [9.17, 15) is 21.6 Å². The average Bonchev–Trinajstić information content (AvgIpc) is 2.24. The van der Waals surface area contributed by atoms with E-state index in [2.05, 4.69) is 4.98 Å². The molecule has 19 heavy (non-hydrogen) atoms. The van der Waals surface area contributed by atoms with Crippen LogP contribution in [-0.2, 0) is 8.87 Å². The molecule has 0 atom stereocenters. The van der Waals surface area contributed by atoms with Crippen LogP contribution in [0.1, 0.15) is 5.56 Å². The first-order chi connectivity index (χ1) is 8.69. The lowest BCUT2D eigenvalue weighted by atomic mass is 10.2. The monoisotopic (exact) mass is 307 g/mol. The van der Waals surface area contributed by atoms with Crippen molar-refractivity contribution in [1.82, 2.24) is 4.98 Å². The number of nitrogens with zero attached hydrogens (tertiary/aromatic N) is 1. The average molecular weight is 307 g/mol. The summed E-state index contributed by atoms with van der Waals surface area (Å²) in [5, 5.41) is 0.490. The van der Waals surface area contributed by atoms with Gasteiger partial charge in [0, 0.05) is 11.6 Å². The topological polar surface area (TPSA) is 47.0 Å². The summed E-state index contributed by atoms with van der Waals surface area (Å²) in [5.41, 5.74) is -4.01. The van der Waals surface area contributed by atoms with E-state index in [0.717, 1.165) is 11.6 Å². The number of aromatic nitrogens is 1. The molecule has 0 radical (unpaired) electrons. The van der Waals surface area contributed by atoms with Crippen molar-refractivity contribution in [3.63, 3.8) is 0 Å². The Morgan fingerprint density at radius 1 is 1.26 bits per heavy atom. The van der Waals surface area contributed by atoms with Crippen LogP contribution in [0.2, 0.25) is 0 Å². The zero-order chi connectivity index (χ0) is 14.3. The second kappa shape index (κ2) is 4.68. The fourth-order valence-corrected chi connectivity index (χ4v) is 4.02. The number of alkyl halides is 3. The number of aryl methyl sites for hydroxylation is 1. The molecule has 0 amide bonds. The zero-order valence-electron chi connectivity index (χ0n) is 9.60. The number of pyridine rings is 1. The quantitative estimate of drug-likeness (QED) is 0.797. The molecule has 1 aromatic carbocycles. The van der Waals surface area contributed by atoms with Gasteiger partial charge < -0.3 is 0 Å². The first-order valence-electron chi connectivity index (χ1n) is 5.07. The third-order valence-electron chi connectivity index (χ3n) is 2.28. The molecule has 0 bridgehead atoms. The number of benzene rings is 1. The van der Waals surface area contributed by atoms with Gasteiger partial charge in [0.15, 0.2) is 0 Å². The van der Waals surface area contributed by atoms with Gasteiger partial charge in [0.05, 0.1) is 16.3 Å². The van der Waals surface area contributed by atoms with Gasteiger partial charge in [-0.25, -0.2) is 8.42 Å². The Balaban J connectivity index is 2.63. The number of hydrogen-bond acceptors (Lipinski definition) is 4. The van der Waals surface area contributed by atoms with Crippen LogP contribution in [0.4, 0.5) is 13.2 Å². The SMILES string of the molecule is Cc1cnc2c(S(=O)(=O)SC(F)(F)F)cccc2c1. The fraction of sp³-hybridized carbons (Fsp3) is 0.182. The van der Waals surface area contributed by atoms with Crippen LogP contribution < -0.4 is 0 Å². The van der Waals surface area contributed by atoms with Gasteiger partial charge in [-0.2, -0.15) is 13.2 Å². The highest BCUT2D eigenvalue weighted by atomic mass is 33.1. The first-order valence-corrected chi connectivity index (χ1v) is 7.88. The van der Waals surface area contributed by atoms with Crippen LogP contribution in [0.3, 0.4) is 0 Å². The number of fused-ring (bicyclic) bond motifs is 1. The lowest BCUT2D eigenvalue weighted by Crippen LogP contribution is -2.08. The van der Waals surface area contributed by atoms with Crippen LogP contribution in [-0.4, -0.2) is 18.9 Å². The van der Waals surface area contributed by atoms with Crippen molar-refractivity contribution in [2.45, 2.75) is 17.3 Å². The van der Waals surface area contributed by atoms with Gasteiger partial charge in [-0.15, -0.1) is 0 Å². The van der Waals surface area contributed by atoms with Crippen molar-refractivity contribution < 1.29 is 21.6 Å². The standard InChI is InChI=1S/C11H8F3NO2S2/c1-7-5-8-3-2-4-9(10(8)15-6-7)19(16,17)18-11(12,13)14/h2-6H,1H3. The molecule has 0 aliphatic carbocycles. The molecule has 1 aromatic heterocycles. The molecular weight excluding hydrogens is 299 g/mol.